The molecule has 0 saturated heterocycles. The minimum Gasteiger partial charge on any atom is -0.497 e. The number of hydrogen-bond donors (Lipinski definition) is 3. The zero-order valence-electron chi connectivity index (χ0n) is 17.4. The highest BCUT2D eigenvalue weighted by Gasteiger charge is 2.13. The van der Waals surface area contributed by atoms with Crippen LogP contribution >= 0.6 is 12.2 Å². The molecule has 3 N–H and O–H groups in total. The van der Waals surface area contributed by atoms with Gasteiger partial charge in [0, 0.05) is 17.8 Å². The van der Waals surface area contributed by atoms with Crippen LogP contribution in [0, 0.1) is 0 Å². The van der Waals surface area contributed by atoms with Crippen LogP contribution in [0.25, 0.3) is 6.08 Å². The van der Waals surface area contributed by atoms with Crippen LogP contribution in [0.5, 0.6) is 11.5 Å². The summed E-state index contributed by atoms with van der Waals surface area (Å²) in [5, 5.41) is 8.30. The normalized spacial score (nSPS) is 10.4. The first kappa shape index (κ1) is 22.6. The molecular weight excluding hydrogens is 430 g/mol. The highest BCUT2D eigenvalue weighted by atomic mass is 32.1. The van der Waals surface area contributed by atoms with E-state index in [0.29, 0.717) is 17.1 Å². The number of hydrogen-bond acceptors (Lipinski definition) is 6. The molecule has 0 atom stereocenters. The number of benzene rings is 2. The predicted molar refractivity (Wildman–Crippen MR) is 126 cm³/mol. The van der Waals surface area contributed by atoms with Crippen molar-refractivity contribution >= 4 is 46.6 Å². The van der Waals surface area contributed by atoms with Crippen molar-refractivity contribution in [3.63, 3.8) is 0 Å². The molecule has 2 amide bonds. The summed E-state index contributed by atoms with van der Waals surface area (Å²) in [7, 11) is 3.07. The number of carbonyl (C=O) groups excluding carboxylic acids is 2. The van der Waals surface area contributed by atoms with E-state index in [9.17, 15) is 9.59 Å². The van der Waals surface area contributed by atoms with Gasteiger partial charge in [-0.1, -0.05) is 12.1 Å². The summed E-state index contributed by atoms with van der Waals surface area (Å²) in [5.41, 5.74) is 1.87. The van der Waals surface area contributed by atoms with Gasteiger partial charge in [-0.25, -0.2) is 0 Å². The molecule has 0 bridgehead atoms. The van der Waals surface area contributed by atoms with Gasteiger partial charge in [-0.3, -0.25) is 14.9 Å². The van der Waals surface area contributed by atoms with Crippen molar-refractivity contribution in [1.29, 1.82) is 0 Å². The zero-order chi connectivity index (χ0) is 22.9. The van der Waals surface area contributed by atoms with Gasteiger partial charge in [-0.15, -0.1) is 0 Å². The van der Waals surface area contributed by atoms with Crippen LogP contribution in [-0.4, -0.2) is 31.1 Å². The quantitative estimate of drug-likeness (QED) is 0.368. The Morgan fingerprint density at radius 1 is 1.00 bits per heavy atom. The Kier molecular flexibility index (Phi) is 7.60. The molecule has 2 aromatic carbocycles. The molecule has 9 heteroatoms. The average molecular weight is 452 g/mol. The number of anilines is 2. The summed E-state index contributed by atoms with van der Waals surface area (Å²) in [6, 6.07) is 15.4. The van der Waals surface area contributed by atoms with E-state index in [1.165, 1.54) is 19.4 Å². The average Bonchev–Trinajstić information content (AvgIpc) is 3.34. The van der Waals surface area contributed by atoms with Crippen molar-refractivity contribution in [2.24, 2.45) is 0 Å². The van der Waals surface area contributed by atoms with Gasteiger partial charge in [-0.05, 0) is 60.3 Å². The van der Waals surface area contributed by atoms with Crippen LogP contribution in [0.15, 0.2) is 71.4 Å². The second kappa shape index (κ2) is 10.8. The maximum absolute atomic E-state index is 12.2. The monoisotopic (exact) mass is 451 g/mol. The highest BCUT2D eigenvalue weighted by molar-refractivity contribution is 7.80. The molecule has 0 unspecified atom stereocenters. The molecule has 0 spiro atoms. The molecule has 0 fully saturated rings. The van der Waals surface area contributed by atoms with Gasteiger partial charge in [0.25, 0.3) is 5.91 Å². The summed E-state index contributed by atoms with van der Waals surface area (Å²) in [4.78, 5) is 24.3. The molecule has 0 saturated carbocycles. The third-order valence-electron chi connectivity index (χ3n) is 4.23. The second-order valence-corrected chi connectivity index (χ2v) is 6.80. The minimum atomic E-state index is -0.402. The smallest absolute Gasteiger partial charge is 0.291 e. The number of ether oxygens (including phenoxy) is 2. The molecule has 0 aliphatic heterocycles. The lowest BCUT2D eigenvalue weighted by molar-refractivity contribution is -0.115. The molecule has 0 radical (unpaired) electrons. The van der Waals surface area contributed by atoms with Crippen LogP contribution < -0.4 is 25.4 Å². The van der Waals surface area contributed by atoms with E-state index in [1.54, 1.807) is 55.7 Å². The molecule has 1 heterocycles. The van der Waals surface area contributed by atoms with Crippen LogP contribution in [-0.2, 0) is 4.79 Å². The van der Waals surface area contributed by atoms with Crippen LogP contribution in [0.1, 0.15) is 16.1 Å². The summed E-state index contributed by atoms with van der Waals surface area (Å²) >= 11 is 5.20. The zero-order valence-corrected chi connectivity index (χ0v) is 18.2. The first-order chi connectivity index (χ1) is 15.5. The SMILES string of the molecule is COc1ccc(C=CC(=O)NC(=S)Nc2ccc(NC(=O)c3ccco3)c(OC)c2)cc1. The number of rotatable bonds is 7. The van der Waals surface area contributed by atoms with Crippen LogP contribution in [0.3, 0.4) is 0 Å². The van der Waals surface area contributed by atoms with E-state index < -0.39 is 5.91 Å². The molecular formula is C23H21N3O5S. The topological polar surface area (TPSA) is 102 Å². The Labute approximate surface area is 190 Å². The highest BCUT2D eigenvalue weighted by Crippen LogP contribution is 2.28. The number of nitrogens with one attached hydrogen (secondary N) is 3. The van der Waals surface area contributed by atoms with E-state index in [4.69, 9.17) is 26.1 Å². The Bertz CT molecular complexity index is 1130. The van der Waals surface area contributed by atoms with Gasteiger partial charge >= 0.3 is 0 Å². The molecule has 8 nitrogen and oxygen atoms in total. The van der Waals surface area contributed by atoms with Crippen LogP contribution in [0.4, 0.5) is 11.4 Å². The summed E-state index contributed by atoms with van der Waals surface area (Å²) in [6.07, 6.45) is 4.46. The van der Waals surface area contributed by atoms with E-state index >= 15 is 0 Å². The Balaban J connectivity index is 1.57. The van der Waals surface area contributed by atoms with Crippen LogP contribution in [0.2, 0.25) is 0 Å². The van der Waals surface area contributed by atoms with Gasteiger partial charge < -0.3 is 24.5 Å². The maximum Gasteiger partial charge on any atom is 0.291 e. The molecule has 3 rings (SSSR count). The lowest BCUT2D eigenvalue weighted by atomic mass is 10.2. The summed E-state index contributed by atoms with van der Waals surface area (Å²) < 4.78 is 15.5. The van der Waals surface area contributed by atoms with Crippen molar-refractivity contribution in [3.8, 4) is 11.5 Å². The van der Waals surface area contributed by atoms with Gasteiger partial charge in [0.05, 0.1) is 26.2 Å². The fourth-order valence-corrected chi connectivity index (χ4v) is 2.89. The third kappa shape index (κ3) is 6.19. The first-order valence-electron chi connectivity index (χ1n) is 9.45. The predicted octanol–water partition coefficient (Wildman–Crippen LogP) is 4.08. The molecule has 164 valence electrons. The fraction of sp³-hybridized carbons (Fsp3) is 0.0870. The first-order valence-corrected chi connectivity index (χ1v) is 9.86. The summed E-state index contributed by atoms with van der Waals surface area (Å²) in [6.45, 7) is 0. The van der Waals surface area contributed by atoms with Gasteiger partial charge in [0.15, 0.2) is 10.9 Å². The Hall–Kier alpha value is -4.11. The standard InChI is InChI=1S/C23H21N3O5S/c1-29-17-9-5-15(6-10-17)7-12-21(27)26-23(32)24-16-8-11-18(20(14-16)30-2)25-22(28)19-4-3-13-31-19/h3-14H,1-2H3,(H,25,28)(H2,24,26,27,32). The molecule has 1 aromatic heterocycles. The van der Waals surface area contributed by atoms with Gasteiger partial charge in [0.1, 0.15) is 11.5 Å². The van der Waals surface area contributed by atoms with E-state index in [0.717, 1.165) is 11.3 Å². The number of carbonyl (C=O) groups is 2. The fourth-order valence-electron chi connectivity index (χ4n) is 2.67. The molecule has 32 heavy (non-hydrogen) atoms. The van der Waals surface area contributed by atoms with Crippen molar-refractivity contribution in [1.82, 2.24) is 5.32 Å². The lowest BCUT2D eigenvalue weighted by Gasteiger charge is -2.13. The molecule has 0 aliphatic rings. The lowest BCUT2D eigenvalue weighted by Crippen LogP contribution is -2.32. The Morgan fingerprint density at radius 2 is 1.78 bits per heavy atom. The maximum atomic E-state index is 12.2. The van der Waals surface area contributed by atoms with E-state index in [1.807, 2.05) is 12.1 Å². The summed E-state index contributed by atoms with van der Waals surface area (Å²) in [5.74, 6) is 0.538. The number of furan rings is 1. The van der Waals surface area contributed by atoms with E-state index in [2.05, 4.69) is 16.0 Å². The number of thiocarbonyl (C=S) groups is 1. The van der Waals surface area contributed by atoms with Crippen molar-refractivity contribution in [2.45, 2.75) is 0 Å². The van der Waals surface area contributed by atoms with Gasteiger partial charge in [-0.2, -0.15) is 0 Å². The largest absolute Gasteiger partial charge is 0.497 e. The van der Waals surface area contributed by atoms with E-state index in [-0.39, 0.29) is 16.8 Å². The Morgan fingerprint density at radius 3 is 2.44 bits per heavy atom. The van der Waals surface area contributed by atoms with Crippen molar-refractivity contribution in [3.05, 3.63) is 78.3 Å². The minimum absolute atomic E-state index is 0.115. The van der Waals surface area contributed by atoms with Crippen molar-refractivity contribution in [2.75, 3.05) is 24.9 Å². The number of methoxy groups -OCH3 is 2. The second-order valence-electron chi connectivity index (χ2n) is 6.40. The molecule has 0 aliphatic carbocycles. The third-order valence-corrected chi connectivity index (χ3v) is 4.44. The molecule has 3 aromatic rings. The van der Waals surface area contributed by atoms with Gasteiger partial charge in [0.2, 0.25) is 5.91 Å². The van der Waals surface area contributed by atoms with Crippen molar-refractivity contribution < 1.29 is 23.5 Å². The number of amides is 2.